The van der Waals surface area contributed by atoms with E-state index in [1.54, 1.807) is 14.2 Å². The highest BCUT2D eigenvalue weighted by atomic mass is 28.4. The van der Waals surface area contributed by atoms with Gasteiger partial charge in [0, 0.05) is 20.8 Å². The summed E-state index contributed by atoms with van der Waals surface area (Å²) >= 11 is 0. The van der Waals surface area contributed by atoms with Gasteiger partial charge >= 0.3 is 8.56 Å². The molecule has 0 atom stereocenters. The molecule has 0 fully saturated rings. The Labute approximate surface area is 138 Å². The Balaban J connectivity index is 3.87. The molecule has 0 rings (SSSR count). The Morgan fingerprint density at radius 1 is 1.05 bits per heavy atom. The van der Waals surface area contributed by atoms with Gasteiger partial charge in [0.05, 0.1) is 6.42 Å². The highest BCUT2D eigenvalue weighted by Gasteiger charge is 2.40. The maximum Gasteiger partial charge on any atom is 0.334 e. The van der Waals surface area contributed by atoms with Gasteiger partial charge in [0.15, 0.2) is 0 Å². The minimum Gasteiger partial charge on any atom is -0.519 e. The molecule has 1 N–H and O–H groups in total. The molecule has 5 nitrogen and oxygen atoms in total. The van der Waals surface area contributed by atoms with E-state index in [2.05, 4.69) is 45.7 Å². The number of hydrogen-bond donors (Lipinski definition) is 1. The fraction of sp³-hybridized carbons (Fsp3) is 0.933. The van der Waals surface area contributed by atoms with Gasteiger partial charge in [0.1, 0.15) is 0 Å². The van der Waals surface area contributed by atoms with E-state index in [4.69, 9.17) is 13.3 Å². The molecule has 0 aromatic heterocycles. The van der Waals surface area contributed by atoms with Gasteiger partial charge in [0.25, 0.3) is 14.3 Å². The number of carbonyl (C=O) groups is 1. The summed E-state index contributed by atoms with van der Waals surface area (Å²) in [5.41, 5.74) is 0. The molecule has 0 radical (unpaired) electrons. The maximum atomic E-state index is 11.9. The second-order valence-corrected chi connectivity index (χ2v) is 15.7. The monoisotopic (exact) mass is 349 g/mol. The Bertz CT molecular complexity index is 339. The predicted octanol–water partition coefficient (Wildman–Crippen LogP) is 3.27. The summed E-state index contributed by atoms with van der Waals surface area (Å²) < 4.78 is 16.6. The third kappa shape index (κ3) is 7.87. The van der Waals surface area contributed by atoms with Crippen molar-refractivity contribution < 1.29 is 18.1 Å². The third-order valence-electron chi connectivity index (χ3n) is 4.53. The number of nitrogens with one attached hydrogen (secondary N) is 1. The van der Waals surface area contributed by atoms with Gasteiger partial charge in [-0.05, 0) is 43.7 Å². The smallest absolute Gasteiger partial charge is 0.334 e. The molecule has 0 aromatic carbocycles. The van der Waals surface area contributed by atoms with E-state index < -0.39 is 16.9 Å². The highest BCUT2D eigenvalue weighted by Crippen LogP contribution is 2.36. The molecule has 0 unspecified atom stereocenters. The van der Waals surface area contributed by atoms with Gasteiger partial charge in [-0.25, -0.2) is 0 Å². The molecule has 0 saturated carbocycles. The van der Waals surface area contributed by atoms with Gasteiger partial charge < -0.3 is 18.6 Å². The first-order valence-corrected chi connectivity index (χ1v) is 13.4. The molecule has 0 aliphatic rings. The molecule has 0 aliphatic carbocycles. The fourth-order valence-electron chi connectivity index (χ4n) is 1.63. The van der Waals surface area contributed by atoms with Crippen LogP contribution >= 0.6 is 0 Å². The Morgan fingerprint density at radius 2 is 1.59 bits per heavy atom. The predicted molar refractivity (Wildman–Crippen MR) is 95.8 cm³/mol. The van der Waals surface area contributed by atoms with Crippen molar-refractivity contribution in [2.45, 2.75) is 64.3 Å². The SMILES string of the molecule is CO[Si](C)(CCCNCCC(=O)O[Si](C)(C)C(C)(C)C)OC. The van der Waals surface area contributed by atoms with Crippen LogP contribution in [0.5, 0.6) is 0 Å². The van der Waals surface area contributed by atoms with Crippen molar-refractivity contribution in [2.75, 3.05) is 27.3 Å². The van der Waals surface area contributed by atoms with Crippen molar-refractivity contribution in [1.82, 2.24) is 5.32 Å². The highest BCUT2D eigenvalue weighted by molar-refractivity contribution is 6.75. The van der Waals surface area contributed by atoms with Crippen LogP contribution in [0.2, 0.25) is 30.7 Å². The summed E-state index contributed by atoms with van der Waals surface area (Å²) in [7, 11) is -0.524. The summed E-state index contributed by atoms with van der Waals surface area (Å²) in [5, 5.41) is 3.35. The zero-order valence-electron chi connectivity index (χ0n) is 15.7. The Kier molecular flexibility index (Phi) is 9.08. The lowest BCUT2D eigenvalue weighted by molar-refractivity contribution is -0.135. The lowest BCUT2D eigenvalue weighted by Gasteiger charge is -2.35. The van der Waals surface area contributed by atoms with E-state index in [0.29, 0.717) is 13.0 Å². The van der Waals surface area contributed by atoms with Crippen molar-refractivity contribution in [3.05, 3.63) is 0 Å². The average molecular weight is 350 g/mol. The Hall–Kier alpha value is -0.216. The van der Waals surface area contributed by atoms with Gasteiger partial charge in [-0.3, -0.25) is 4.79 Å². The largest absolute Gasteiger partial charge is 0.519 e. The van der Waals surface area contributed by atoms with Crippen LogP contribution in [0, 0.1) is 0 Å². The first-order chi connectivity index (χ1) is 9.97. The maximum absolute atomic E-state index is 11.9. The number of rotatable bonds is 10. The van der Waals surface area contributed by atoms with Crippen LogP contribution in [0.3, 0.4) is 0 Å². The molecule has 0 amide bonds. The zero-order chi connectivity index (χ0) is 17.4. The molecule has 7 heteroatoms. The molecular formula is C15H35NO4Si2. The van der Waals surface area contributed by atoms with Gasteiger partial charge in [0.2, 0.25) is 0 Å². The van der Waals surface area contributed by atoms with Crippen LogP contribution in [0.25, 0.3) is 0 Å². The van der Waals surface area contributed by atoms with E-state index in [0.717, 1.165) is 19.0 Å². The van der Waals surface area contributed by atoms with Gasteiger partial charge in [-0.1, -0.05) is 20.8 Å². The topological polar surface area (TPSA) is 56.8 Å². The van der Waals surface area contributed by atoms with Crippen molar-refractivity contribution in [2.24, 2.45) is 0 Å². The van der Waals surface area contributed by atoms with Crippen LogP contribution < -0.4 is 5.32 Å². The summed E-state index contributed by atoms with van der Waals surface area (Å²) in [6, 6.07) is 0.946. The molecule has 22 heavy (non-hydrogen) atoms. The zero-order valence-corrected chi connectivity index (χ0v) is 17.7. The standard InChI is InChI=1S/C15H35NO4Si2/c1-15(2,3)21(6,7)20-14(17)10-12-16-11-9-13-22(8,18-4)19-5/h16H,9-13H2,1-8H3. The molecule has 0 aliphatic heterocycles. The molecule has 0 aromatic rings. The summed E-state index contributed by atoms with van der Waals surface area (Å²) in [6.07, 6.45) is 1.41. The third-order valence-corrected chi connectivity index (χ3v) is 11.9. The second kappa shape index (κ2) is 9.17. The van der Waals surface area contributed by atoms with E-state index in [1.807, 2.05) is 0 Å². The molecule has 132 valence electrons. The summed E-state index contributed by atoms with van der Waals surface area (Å²) in [4.78, 5) is 11.9. The molecular weight excluding hydrogens is 314 g/mol. The summed E-state index contributed by atoms with van der Waals surface area (Å²) in [5.74, 6) is -0.0907. The van der Waals surface area contributed by atoms with Crippen molar-refractivity contribution >= 4 is 22.8 Å². The van der Waals surface area contributed by atoms with Gasteiger partial charge in [-0.15, -0.1) is 0 Å². The first-order valence-electron chi connectivity index (χ1n) is 8.00. The minimum absolute atomic E-state index is 0.0610. The number of hydrogen-bond acceptors (Lipinski definition) is 5. The molecule has 0 spiro atoms. The fourth-order valence-corrected chi connectivity index (χ4v) is 4.00. The van der Waals surface area contributed by atoms with Crippen molar-refractivity contribution in [1.29, 1.82) is 0 Å². The van der Waals surface area contributed by atoms with Crippen LogP contribution in [0.15, 0.2) is 0 Å². The van der Waals surface area contributed by atoms with Gasteiger partial charge in [-0.2, -0.15) is 0 Å². The lowest BCUT2D eigenvalue weighted by atomic mass is 10.2. The van der Waals surface area contributed by atoms with Crippen molar-refractivity contribution in [3.8, 4) is 0 Å². The molecule has 0 heterocycles. The Morgan fingerprint density at radius 3 is 2.05 bits per heavy atom. The molecule has 0 saturated heterocycles. The molecule has 0 bridgehead atoms. The quantitative estimate of drug-likeness (QED) is 0.484. The summed E-state index contributed by atoms with van der Waals surface area (Å²) in [6.45, 7) is 14.2. The van der Waals surface area contributed by atoms with E-state index in [-0.39, 0.29) is 11.0 Å². The lowest BCUT2D eigenvalue weighted by Crippen LogP contribution is -2.43. The van der Waals surface area contributed by atoms with Crippen LogP contribution in [-0.4, -0.2) is 50.2 Å². The van der Waals surface area contributed by atoms with E-state index in [1.165, 1.54) is 0 Å². The van der Waals surface area contributed by atoms with E-state index in [9.17, 15) is 4.79 Å². The van der Waals surface area contributed by atoms with E-state index >= 15 is 0 Å². The first kappa shape index (κ1) is 21.8. The van der Waals surface area contributed by atoms with Crippen LogP contribution in [-0.2, 0) is 18.1 Å². The van der Waals surface area contributed by atoms with Crippen LogP contribution in [0.4, 0.5) is 0 Å². The minimum atomic E-state index is -1.98. The van der Waals surface area contributed by atoms with Crippen molar-refractivity contribution in [3.63, 3.8) is 0 Å². The normalized spacial score (nSPS) is 13.3. The van der Waals surface area contributed by atoms with Crippen LogP contribution in [0.1, 0.15) is 33.6 Å². The average Bonchev–Trinajstić information content (AvgIpc) is 2.40. The second-order valence-electron chi connectivity index (χ2n) is 7.38. The number of carbonyl (C=O) groups excluding carboxylic acids is 1.